The number of hydrogen-bond donors (Lipinski definition) is 2. The first-order valence-corrected chi connectivity index (χ1v) is 10.3. The Kier molecular flexibility index (Phi) is 7.02. The summed E-state index contributed by atoms with van der Waals surface area (Å²) in [5.74, 6) is 0.0369. The quantitative estimate of drug-likeness (QED) is 0.631. The molecule has 0 atom stereocenters. The maximum absolute atomic E-state index is 12.4. The molecule has 0 saturated carbocycles. The Bertz CT molecular complexity index is 1050. The van der Waals surface area contributed by atoms with E-state index in [1.54, 1.807) is 36.4 Å². The van der Waals surface area contributed by atoms with E-state index in [1.165, 1.54) is 11.8 Å². The van der Waals surface area contributed by atoms with Gasteiger partial charge < -0.3 is 20.5 Å². The molecule has 1 fully saturated rings. The standard InChI is InChI=1S/C21H20ClN3O4S/c1-3-28-17-8-13(5-7-16(17)29-11-19(23)26)9-18-20(27)25-21(30-18)24-15-10-14(22)6-4-12(15)2/h4-10H,3,11H2,1-2H3,(H2,23,26)(H,24,25,27)/b18-9-. The van der Waals surface area contributed by atoms with Crippen molar-refractivity contribution in [2.45, 2.75) is 13.8 Å². The third-order valence-electron chi connectivity index (χ3n) is 3.98. The largest absolute Gasteiger partial charge is 0.490 e. The second-order valence-corrected chi connectivity index (χ2v) is 7.77. The second-order valence-electron chi connectivity index (χ2n) is 6.31. The van der Waals surface area contributed by atoms with Crippen molar-refractivity contribution in [1.82, 2.24) is 5.32 Å². The van der Waals surface area contributed by atoms with Crippen molar-refractivity contribution in [3.8, 4) is 11.5 Å². The van der Waals surface area contributed by atoms with Gasteiger partial charge in [-0.05, 0) is 67.1 Å². The molecule has 0 bridgehead atoms. The topological polar surface area (TPSA) is 103 Å². The van der Waals surface area contributed by atoms with Crippen molar-refractivity contribution >= 4 is 52.1 Å². The summed E-state index contributed by atoms with van der Waals surface area (Å²) < 4.78 is 10.9. The van der Waals surface area contributed by atoms with Crippen LogP contribution in [0.2, 0.25) is 5.02 Å². The monoisotopic (exact) mass is 445 g/mol. The molecule has 30 heavy (non-hydrogen) atoms. The molecular weight excluding hydrogens is 426 g/mol. The van der Waals surface area contributed by atoms with Crippen LogP contribution in [0, 0.1) is 6.92 Å². The van der Waals surface area contributed by atoms with E-state index >= 15 is 0 Å². The maximum atomic E-state index is 12.4. The number of carbonyl (C=O) groups is 2. The fraction of sp³-hybridized carbons (Fsp3) is 0.190. The summed E-state index contributed by atoms with van der Waals surface area (Å²) in [6, 6.07) is 10.6. The van der Waals surface area contributed by atoms with Crippen LogP contribution in [0.15, 0.2) is 46.3 Å². The predicted octanol–water partition coefficient (Wildman–Crippen LogP) is 3.80. The molecule has 0 spiro atoms. The van der Waals surface area contributed by atoms with Gasteiger partial charge in [-0.15, -0.1) is 0 Å². The molecule has 0 aliphatic carbocycles. The van der Waals surface area contributed by atoms with Gasteiger partial charge in [-0.2, -0.15) is 0 Å². The van der Waals surface area contributed by atoms with Gasteiger partial charge in [0.1, 0.15) is 0 Å². The van der Waals surface area contributed by atoms with E-state index in [9.17, 15) is 9.59 Å². The van der Waals surface area contributed by atoms with Crippen molar-refractivity contribution in [3.63, 3.8) is 0 Å². The number of primary amides is 1. The summed E-state index contributed by atoms with van der Waals surface area (Å²) in [6.45, 7) is 3.92. The number of carbonyl (C=O) groups excluding carboxylic acids is 2. The van der Waals surface area contributed by atoms with E-state index in [0.717, 1.165) is 11.1 Å². The fourth-order valence-electron chi connectivity index (χ4n) is 2.60. The highest BCUT2D eigenvalue weighted by molar-refractivity contribution is 8.18. The molecule has 3 rings (SSSR count). The van der Waals surface area contributed by atoms with Crippen molar-refractivity contribution < 1.29 is 19.1 Å². The lowest BCUT2D eigenvalue weighted by Gasteiger charge is -2.11. The number of rotatable bonds is 7. The lowest BCUT2D eigenvalue weighted by Crippen LogP contribution is -2.20. The number of nitrogens with one attached hydrogen (secondary N) is 1. The number of thioether (sulfide) groups is 1. The SMILES string of the molecule is CCOc1cc(/C=C2\SC(=Nc3cc(Cl)ccc3C)NC2=O)ccc1OCC(N)=O. The molecule has 2 aromatic carbocycles. The lowest BCUT2D eigenvalue weighted by atomic mass is 10.2. The number of aryl methyl sites for hydroxylation is 1. The minimum atomic E-state index is -0.579. The zero-order valence-corrected chi connectivity index (χ0v) is 18.0. The van der Waals surface area contributed by atoms with E-state index in [1.807, 2.05) is 19.9 Å². The van der Waals surface area contributed by atoms with E-state index in [0.29, 0.717) is 38.9 Å². The fourth-order valence-corrected chi connectivity index (χ4v) is 3.60. The third kappa shape index (κ3) is 5.55. The average Bonchev–Trinajstić information content (AvgIpc) is 3.03. The van der Waals surface area contributed by atoms with E-state index in [2.05, 4.69) is 10.3 Å². The summed E-state index contributed by atoms with van der Waals surface area (Å²) in [7, 11) is 0. The van der Waals surface area contributed by atoms with Gasteiger partial charge in [-0.25, -0.2) is 4.99 Å². The number of halogens is 1. The maximum Gasteiger partial charge on any atom is 0.264 e. The van der Waals surface area contributed by atoms with Gasteiger partial charge in [0.25, 0.3) is 11.8 Å². The zero-order valence-electron chi connectivity index (χ0n) is 16.4. The smallest absolute Gasteiger partial charge is 0.264 e. The number of hydrogen-bond acceptors (Lipinski definition) is 6. The van der Waals surface area contributed by atoms with E-state index < -0.39 is 5.91 Å². The number of nitrogens with two attached hydrogens (primary N) is 1. The Morgan fingerprint density at radius 1 is 1.23 bits per heavy atom. The van der Waals surface area contributed by atoms with Crippen LogP contribution < -0.4 is 20.5 Å². The molecule has 0 unspecified atom stereocenters. The average molecular weight is 446 g/mol. The summed E-state index contributed by atoms with van der Waals surface area (Å²) in [5, 5.41) is 3.81. The van der Waals surface area contributed by atoms with Gasteiger partial charge in [0, 0.05) is 5.02 Å². The summed E-state index contributed by atoms with van der Waals surface area (Å²) in [5.41, 5.74) is 7.51. The molecule has 2 aromatic rings. The van der Waals surface area contributed by atoms with E-state index in [-0.39, 0.29) is 12.5 Å². The third-order valence-corrected chi connectivity index (χ3v) is 5.12. The summed E-state index contributed by atoms with van der Waals surface area (Å²) in [4.78, 5) is 28.3. The van der Waals surface area contributed by atoms with Gasteiger partial charge in [0.15, 0.2) is 23.3 Å². The highest BCUT2D eigenvalue weighted by Gasteiger charge is 2.24. The normalized spacial score (nSPS) is 16.0. The van der Waals surface area contributed by atoms with Crippen LogP contribution in [0.25, 0.3) is 6.08 Å². The van der Waals surface area contributed by atoms with Crippen LogP contribution in [-0.2, 0) is 9.59 Å². The van der Waals surface area contributed by atoms with Crippen LogP contribution in [0.1, 0.15) is 18.1 Å². The zero-order chi connectivity index (χ0) is 21.7. The molecule has 2 amide bonds. The molecule has 7 nitrogen and oxygen atoms in total. The number of nitrogens with zero attached hydrogens (tertiary/aromatic N) is 1. The molecular formula is C21H20ClN3O4S. The van der Waals surface area contributed by atoms with Gasteiger partial charge in [-0.3, -0.25) is 9.59 Å². The molecule has 0 radical (unpaired) electrons. The molecule has 9 heteroatoms. The minimum Gasteiger partial charge on any atom is -0.490 e. The molecule has 1 aliphatic heterocycles. The first-order valence-electron chi connectivity index (χ1n) is 9.09. The van der Waals surface area contributed by atoms with Crippen LogP contribution >= 0.6 is 23.4 Å². The van der Waals surface area contributed by atoms with Crippen LogP contribution in [0.5, 0.6) is 11.5 Å². The van der Waals surface area contributed by atoms with Crippen LogP contribution in [-0.4, -0.2) is 30.2 Å². The molecule has 3 N–H and O–H groups in total. The number of ether oxygens (including phenoxy) is 2. The first kappa shape index (κ1) is 21.7. The lowest BCUT2D eigenvalue weighted by molar-refractivity contribution is -0.120. The van der Waals surface area contributed by atoms with Gasteiger partial charge in [0.2, 0.25) is 0 Å². The number of amidine groups is 1. The molecule has 1 saturated heterocycles. The minimum absolute atomic E-state index is 0.245. The number of aliphatic imine (C=N–C) groups is 1. The first-order chi connectivity index (χ1) is 14.4. The highest BCUT2D eigenvalue weighted by Crippen LogP contribution is 2.33. The van der Waals surface area contributed by atoms with Crippen molar-refractivity contribution in [2.75, 3.05) is 13.2 Å². The Morgan fingerprint density at radius 2 is 2.03 bits per heavy atom. The number of amides is 2. The van der Waals surface area contributed by atoms with Gasteiger partial charge in [0.05, 0.1) is 17.2 Å². The molecule has 0 aromatic heterocycles. The van der Waals surface area contributed by atoms with E-state index in [4.69, 9.17) is 26.8 Å². The molecule has 156 valence electrons. The van der Waals surface area contributed by atoms with Crippen molar-refractivity contribution in [2.24, 2.45) is 10.7 Å². The Labute approximate surface area is 183 Å². The van der Waals surface area contributed by atoms with Crippen LogP contribution in [0.3, 0.4) is 0 Å². The summed E-state index contributed by atoms with van der Waals surface area (Å²) in [6.07, 6.45) is 1.73. The predicted molar refractivity (Wildman–Crippen MR) is 119 cm³/mol. The highest BCUT2D eigenvalue weighted by atomic mass is 35.5. The number of benzene rings is 2. The molecule has 1 heterocycles. The molecule has 1 aliphatic rings. The summed E-state index contributed by atoms with van der Waals surface area (Å²) >= 11 is 7.27. The van der Waals surface area contributed by atoms with Gasteiger partial charge in [-0.1, -0.05) is 23.7 Å². The van der Waals surface area contributed by atoms with Gasteiger partial charge >= 0.3 is 0 Å². The van der Waals surface area contributed by atoms with Crippen LogP contribution in [0.4, 0.5) is 5.69 Å². The Hall–Kier alpha value is -2.97. The van der Waals surface area contributed by atoms with Crippen molar-refractivity contribution in [3.05, 3.63) is 57.5 Å². The van der Waals surface area contributed by atoms with Crippen molar-refractivity contribution in [1.29, 1.82) is 0 Å². The Morgan fingerprint density at radius 3 is 2.77 bits per heavy atom. The Balaban J connectivity index is 1.83. The second kappa shape index (κ2) is 9.69.